The molecular weight excluding hydrogens is 268 g/mol. The Morgan fingerprint density at radius 3 is 2.00 bits per heavy atom. The molecule has 2 heterocycles. The first-order valence-corrected chi connectivity index (χ1v) is 8.18. The first kappa shape index (κ1) is 12.9. The van der Waals surface area contributed by atoms with Gasteiger partial charge in [0.15, 0.2) is 0 Å². The summed E-state index contributed by atoms with van der Waals surface area (Å²) in [6, 6.07) is 6.90. The van der Waals surface area contributed by atoms with Crippen molar-refractivity contribution >= 4 is 32.1 Å². The van der Waals surface area contributed by atoms with Crippen LogP contribution in [0.1, 0.15) is 27.1 Å². The van der Waals surface area contributed by atoms with Gasteiger partial charge in [0.1, 0.15) is 0 Å². The van der Waals surface area contributed by atoms with Gasteiger partial charge in [-0.3, -0.25) is 0 Å². The van der Waals surface area contributed by atoms with Gasteiger partial charge in [-0.2, -0.15) is 0 Å². The van der Waals surface area contributed by atoms with Crippen molar-refractivity contribution in [3.8, 4) is 10.4 Å². The minimum absolute atomic E-state index is 1.35. The van der Waals surface area contributed by atoms with Gasteiger partial charge in [0.25, 0.3) is 0 Å². The third kappa shape index (κ3) is 2.03. The first-order chi connectivity index (χ1) is 8.97. The van der Waals surface area contributed by atoms with Crippen LogP contribution in [0, 0.1) is 34.6 Å². The fraction of sp³-hybridized carbons (Fsp3) is 0.294. The number of rotatable bonds is 1. The Bertz CT molecular complexity index is 749. The second kappa shape index (κ2) is 4.46. The highest BCUT2D eigenvalue weighted by Crippen LogP contribution is 2.44. The molecule has 0 unspecified atom stereocenters. The molecule has 19 heavy (non-hydrogen) atoms. The van der Waals surface area contributed by atoms with Crippen LogP contribution >= 0.6 is 22.7 Å². The van der Waals surface area contributed by atoms with Crippen LogP contribution < -0.4 is 0 Å². The average Bonchev–Trinajstić information content (AvgIpc) is 2.78. The second-order valence-electron chi connectivity index (χ2n) is 5.38. The minimum Gasteiger partial charge on any atom is -0.139 e. The lowest BCUT2D eigenvalue weighted by atomic mass is 9.97. The summed E-state index contributed by atoms with van der Waals surface area (Å²) in [6.07, 6.45) is 0. The normalized spacial score (nSPS) is 11.4. The van der Waals surface area contributed by atoms with Crippen LogP contribution in [0.15, 0.2) is 18.2 Å². The Morgan fingerprint density at radius 1 is 0.789 bits per heavy atom. The highest BCUT2D eigenvalue weighted by molar-refractivity contribution is 7.29. The fourth-order valence-corrected chi connectivity index (χ4v) is 5.58. The Balaban J connectivity index is 2.30. The van der Waals surface area contributed by atoms with Gasteiger partial charge in [-0.05, 0) is 62.9 Å². The standard InChI is InChI=1S/C17H18S2/c1-9-6-10(2)15(11(3)7-9)17-13(5)16-14(19-17)8-12(4)18-16/h6-8H,1-5H3. The number of aryl methyl sites for hydroxylation is 5. The summed E-state index contributed by atoms with van der Waals surface area (Å²) in [7, 11) is 0. The molecule has 0 aliphatic heterocycles. The summed E-state index contributed by atoms with van der Waals surface area (Å²) in [4.78, 5) is 2.87. The number of fused-ring (bicyclic) bond motifs is 1. The smallest absolute Gasteiger partial charge is 0.0489 e. The van der Waals surface area contributed by atoms with Gasteiger partial charge in [-0.25, -0.2) is 0 Å². The van der Waals surface area contributed by atoms with Crippen LogP contribution in [-0.4, -0.2) is 0 Å². The molecule has 0 nitrogen and oxygen atoms in total. The third-order valence-electron chi connectivity index (χ3n) is 3.62. The van der Waals surface area contributed by atoms with E-state index < -0.39 is 0 Å². The highest BCUT2D eigenvalue weighted by atomic mass is 32.1. The molecule has 0 amide bonds. The lowest BCUT2D eigenvalue weighted by Gasteiger charge is -2.10. The van der Waals surface area contributed by atoms with E-state index in [0.717, 1.165) is 0 Å². The summed E-state index contributed by atoms with van der Waals surface area (Å²) in [5, 5.41) is 0. The predicted octanol–water partition coefficient (Wildman–Crippen LogP) is 6.17. The van der Waals surface area contributed by atoms with Gasteiger partial charge < -0.3 is 0 Å². The maximum Gasteiger partial charge on any atom is 0.0489 e. The Labute approximate surface area is 122 Å². The Kier molecular flexibility index (Phi) is 3.03. The van der Waals surface area contributed by atoms with Crippen LogP contribution in [0.25, 0.3) is 19.8 Å². The van der Waals surface area contributed by atoms with Crippen molar-refractivity contribution in [3.63, 3.8) is 0 Å². The number of hydrogen-bond donors (Lipinski definition) is 0. The van der Waals surface area contributed by atoms with Gasteiger partial charge in [0.05, 0.1) is 0 Å². The SMILES string of the molecule is Cc1cc(C)c(-c2sc3cc(C)sc3c2C)c(C)c1. The molecule has 0 bridgehead atoms. The Hall–Kier alpha value is -1.12. The van der Waals surface area contributed by atoms with Crippen LogP contribution in [-0.2, 0) is 0 Å². The molecule has 1 aromatic carbocycles. The first-order valence-electron chi connectivity index (χ1n) is 6.55. The van der Waals surface area contributed by atoms with Crippen LogP contribution in [0.2, 0.25) is 0 Å². The van der Waals surface area contributed by atoms with Crippen molar-refractivity contribution in [2.24, 2.45) is 0 Å². The summed E-state index contributed by atoms with van der Waals surface area (Å²) in [5.74, 6) is 0. The summed E-state index contributed by atoms with van der Waals surface area (Å²) >= 11 is 3.86. The summed E-state index contributed by atoms with van der Waals surface area (Å²) < 4.78 is 2.91. The molecule has 3 aromatic rings. The van der Waals surface area contributed by atoms with Gasteiger partial charge in [0, 0.05) is 19.2 Å². The molecule has 2 aromatic heterocycles. The van der Waals surface area contributed by atoms with E-state index >= 15 is 0 Å². The number of benzene rings is 1. The van der Waals surface area contributed by atoms with Gasteiger partial charge in [0.2, 0.25) is 0 Å². The van der Waals surface area contributed by atoms with Crippen molar-refractivity contribution in [1.82, 2.24) is 0 Å². The van der Waals surface area contributed by atoms with Crippen molar-refractivity contribution in [2.45, 2.75) is 34.6 Å². The average molecular weight is 286 g/mol. The molecular formula is C17H18S2. The van der Waals surface area contributed by atoms with Gasteiger partial charge in [-0.15, -0.1) is 22.7 Å². The maximum absolute atomic E-state index is 2.32. The second-order valence-corrected chi connectivity index (χ2v) is 7.69. The summed E-state index contributed by atoms with van der Waals surface area (Å²) in [6.45, 7) is 11.1. The molecule has 3 rings (SSSR count). The van der Waals surface area contributed by atoms with Crippen molar-refractivity contribution < 1.29 is 0 Å². The van der Waals surface area contributed by atoms with Crippen molar-refractivity contribution in [3.05, 3.63) is 45.3 Å². The lowest BCUT2D eigenvalue weighted by Crippen LogP contribution is -1.89. The lowest BCUT2D eigenvalue weighted by molar-refractivity contribution is 1.32. The molecule has 0 saturated carbocycles. The van der Waals surface area contributed by atoms with E-state index in [0.29, 0.717) is 0 Å². The molecule has 0 atom stereocenters. The summed E-state index contributed by atoms with van der Waals surface area (Å²) in [5.41, 5.74) is 7.03. The van der Waals surface area contributed by atoms with Crippen LogP contribution in [0.3, 0.4) is 0 Å². The highest BCUT2D eigenvalue weighted by Gasteiger charge is 2.16. The minimum atomic E-state index is 1.35. The van der Waals surface area contributed by atoms with E-state index in [1.165, 1.54) is 47.0 Å². The zero-order chi connectivity index (χ0) is 13.7. The van der Waals surface area contributed by atoms with Gasteiger partial charge >= 0.3 is 0 Å². The molecule has 0 saturated heterocycles. The molecule has 0 aliphatic rings. The number of thiophene rings is 2. The van der Waals surface area contributed by atoms with E-state index in [-0.39, 0.29) is 0 Å². The Morgan fingerprint density at radius 2 is 1.42 bits per heavy atom. The quantitative estimate of drug-likeness (QED) is 0.501. The van der Waals surface area contributed by atoms with E-state index in [9.17, 15) is 0 Å². The zero-order valence-electron chi connectivity index (χ0n) is 12.0. The molecule has 0 fully saturated rings. The largest absolute Gasteiger partial charge is 0.139 e. The van der Waals surface area contributed by atoms with E-state index in [4.69, 9.17) is 0 Å². The molecule has 0 N–H and O–H groups in total. The van der Waals surface area contributed by atoms with E-state index in [1.807, 2.05) is 22.7 Å². The van der Waals surface area contributed by atoms with Gasteiger partial charge in [-0.1, -0.05) is 17.7 Å². The van der Waals surface area contributed by atoms with E-state index in [2.05, 4.69) is 52.8 Å². The van der Waals surface area contributed by atoms with E-state index in [1.54, 1.807) is 0 Å². The monoisotopic (exact) mass is 286 g/mol. The third-order valence-corrected chi connectivity index (χ3v) is 6.17. The predicted molar refractivity (Wildman–Crippen MR) is 88.8 cm³/mol. The molecule has 2 heteroatoms. The fourth-order valence-electron chi connectivity index (χ4n) is 2.89. The van der Waals surface area contributed by atoms with Crippen LogP contribution in [0.4, 0.5) is 0 Å². The molecule has 0 aliphatic carbocycles. The molecule has 0 spiro atoms. The molecule has 98 valence electrons. The maximum atomic E-state index is 2.32. The zero-order valence-corrected chi connectivity index (χ0v) is 13.7. The van der Waals surface area contributed by atoms with Crippen LogP contribution in [0.5, 0.6) is 0 Å². The number of hydrogen-bond acceptors (Lipinski definition) is 2. The van der Waals surface area contributed by atoms with Crippen molar-refractivity contribution in [2.75, 3.05) is 0 Å². The molecule has 0 radical (unpaired) electrons. The van der Waals surface area contributed by atoms with Crippen molar-refractivity contribution in [1.29, 1.82) is 0 Å². The topological polar surface area (TPSA) is 0 Å².